The molecule has 0 atom stereocenters. The van der Waals surface area contributed by atoms with Crippen LogP contribution in [0, 0.1) is 0 Å². The molecule has 2 heterocycles. The highest BCUT2D eigenvalue weighted by atomic mass is 16.5. The summed E-state index contributed by atoms with van der Waals surface area (Å²) in [5.41, 5.74) is 2.08. The molecule has 0 saturated carbocycles. The van der Waals surface area contributed by atoms with Crippen LogP contribution in [0.1, 0.15) is 15.9 Å². The van der Waals surface area contributed by atoms with E-state index in [2.05, 4.69) is 9.97 Å². The maximum atomic E-state index is 12.3. The average Bonchev–Trinajstić information content (AvgIpc) is 3.00. The zero-order valence-corrected chi connectivity index (χ0v) is 13.6. The van der Waals surface area contributed by atoms with E-state index in [1.807, 2.05) is 12.1 Å². The van der Waals surface area contributed by atoms with Crippen molar-refractivity contribution in [2.24, 2.45) is 0 Å². The molecular formula is C18H14N2O5. The Bertz CT molecular complexity index is 1050. The summed E-state index contributed by atoms with van der Waals surface area (Å²) >= 11 is 0. The number of carbonyl (C=O) groups is 1. The van der Waals surface area contributed by atoms with E-state index in [1.54, 1.807) is 20.3 Å². The van der Waals surface area contributed by atoms with Gasteiger partial charge in [0.05, 0.1) is 19.8 Å². The van der Waals surface area contributed by atoms with Crippen molar-refractivity contribution in [2.45, 2.75) is 6.61 Å². The Labute approximate surface area is 142 Å². The standard InChI is InChI=1S/C18H14N2O5/c1-23-13-4-9-3-10-8-25-17(21)16(10)15(12(9)5-14(13)24-2)11-6-19-18(22)20-7-11/h3-7H,8H2,1-2H3,(H,19,20,22). The van der Waals surface area contributed by atoms with E-state index >= 15 is 0 Å². The van der Waals surface area contributed by atoms with Crippen molar-refractivity contribution in [3.63, 3.8) is 0 Å². The number of rotatable bonds is 3. The van der Waals surface area contributed by atoms with Gasteiger partial charge >= 0.3 is 11.7 Å². The summed E-state index contributed by atoms with van der Waals surface area (Å²) in [6.07, 6.45) is 2.98. The zero-order chi connectivity index (χ0) is 17.6. The molecule has 0 unspecified atom stereocenters. The summed E-state index contributed by atoms with van der Waals surface area (Å²) in [4.78, 5) is 29.9. The van der Waals surface area contributed by atoms with E-state index in [9.17, 15) is 9.59 Å². The Balaban J connectivity index is 2.13. The third-order valence-corrected chi connectivity index (χ3v) is 4.25. The number of aromatic nitrogens is 2. The molecule has 1 N–H and O–H groups in total. The van der Waals surface area contributed by atoms with Gasteiger partial charge in [-0.05, 0) is 29.0 Å². The number of H-pyrrole nitrogens is 1. The number of nitrogens with one attached hydrogen (secondary N) is 1. The Hall–Kier alpha value is -3.35. The van der Waals surface area contributed by atoms with Crippen LogP contribution in [0.4, 0.5) is 0 Å². The minimum Gasteiger partial charge on any atom is -0.493 e. The van der Waals surface area contributed by atoms with Gasteiger partial charge in [-0.3, -0.25) is 0 Å². The molecule has 3 aromatic rings. The van der Waals surface area contributed by atoms with Crippen molar-refractivity contribution in [2.75, 3.05) is 14.2 Å². The van der Waals surface area contributed by atoms with Crippen molar-refractivity contribution < 1.29 is 19.0 Å². The molecule has 0 spiro atoms. The summed E-state index contributed by atoms with van der Waals surface area (Å²) in [5, 5.41) is 1.65. The summed E-state index contributed by atoms with van der Waals surface area (Å²) in [7, 11) is 3.11. The Morgan fingerprint density at radius 3 is 2.52 bits per heavy atom. The second-order valence-electron chi connectivity index (χ2n) is 5.60. The third-order valence-electron chi connectivity index (χ3n) is 4.25. The number of hydrogen-bond acceptors (Lipinski definition) is 6. The quantitative estimate of drug-likeness (QED) is 0.737. The van der Waals surface area contributed by atoms with E-state index in [4.69, 9.17) is 14.2 Å². The van der Waals surface area contributed by atoms with Crippen LogP contribution in [0.25, 0.3) is 21.9 Å². The van der Waals surface area contributed by atoms with E-state index < -0.39 is 11.7 Å². The Kier molecular flexibility index (Phi) is 3.42. The molecule has 0 aliphatic carbocycles. The van der Waals surface area contributed by atoms with E-state index in [0.717, 1.165) is 16.3 Å². The molecule has 25 heavy (non-hydrogen) atoms. The van der Waals surface area contributed by atoms with Crippen LogP contribution in [-0.4, -0.2) is 30.2 Å². The lowest BCUT2D eigenvalue weighted by atomic mass is 9.91. The number of nitrogens with zero attached hydrogens (tertiary/aromatic N) is 1. The minimum atomic E-state index is -0.456. The molecule has 1 aliphatic rings. The van der Waals surface area contributed by atoms with Crippen LogP contribution in [0.3, 0.4) is 0 Å². The highest BCUT2D eigenvalue weighted by molar-refractivity contribution is 6.11. The van der Waals surface area contributed by atoms with Crippen molar-refractivity contribution in [3.8, 4) is 22.6 Å². The zero-order valence-electron chi connectivity index (χ0n) is 13.6. The molecule has 7 heteroatoms. The van der Waals surface area contributed by atoms with E-state index in [0.29, 0.717) is 28.2 Å². The van der Waals surface area contributed by atoms with E-state index in [-0.39, 0.29) is 6.61 Å². The monoisotopic (exact) mass is 338 g/mol. The first-order chi connectivity index (χ1) is 12.1. The number of benzene rings is 2. The van der Waals surface area contributed by atoms with Gasteiger partial charge in [0.2, 0.25) is 0 Å². The molecule has 0 amide bonds. The van der Waals surface area contributed by atoms with Gasteiger partial charge in [0.1, 0.15) is 6.61 Å². The lowest BCUT2D eigenvalue weighted by Gasteiger charge is -2.14. The first-order valence-corrected chi connectivity index (χ1v) is 7.56. The largest absolute Gasteiger partial charge is 0.493 e. The minimum absolute atomic E-state index is 0.211. The number of fused-ring (bicyclic) bond motifs is 2. The van der Waals surface area contributed by atoms with Crippen LogP contribution >= 0.6 is 0 Å². The van der Waals surface area contributed by atoms with Gasteiger partial charge in [0.15, 0.2) is 11.5 Å². The van der Waals surface area contributed by atoms with Crippen LogP contribution < -0.4 is 15.2 Å². The van der Waals surface area contributed by atoms with Gasteiger partial charge in [-0.2, -0.15) is 0 Å². The molecule has 4 rings (SSSR count). The molecule has 1 aliphatic heterocycles. The highest BCUT2D eigenvalue weighted by Crippen LogP contribution is 2.41. The average molecular weight is 338 g/mol. The van der Waals surface area contributed by atoms with Crippen molar-refractivity contribution in [3.05, 3.63) is 52.2 Å². The fraction of sp³-hybridized carbons (Fsp3) is 0.167. The predicted molar refractivity (Wildman–Crippen MR) is 90.0 cm³/mol. The van der Waals surface area contributed by atoms with Gasteiger partial charge in [0, 0.05) is 29.1 Å². The highest BCUT2D eigenvalue weighted by Gasteiger charge is 2.28. The Morgan fingerprint density at radius 1 is 1.08 bits per heavy atom. The molecule has 2 aromatic carbocycles. The number of cyclic esters (lactones) is 1. The molecular weight excluding hydrogens is 324 g/mol. The maximum absolute atomic E-state index is 12.3. The normalized spacial score (nSPS) is 12.8. The number of hydrogen-bond donors (Lipinski definition) is 1. The molecule has 0 saturated heterocycles. The molecule has 7 nitrogen and oxygen atoms in total. The number of esters is 1. The first-order valence-electron chi connectivity index (χ1n) is 7.56. The lowest BCUT2D eigenvalue weighted by molar-refractivity contribution is 0.0535. The van der Waals surface area contributed by atoms with Gasteiger partial charge in [-0.15, -0.1) is 0 Å². The lowest BCUT2D eigenvalue weighted by Crippen LogP contribution is -2.09. The molecule has 0 radical (unpaired) electrons. The van der Waals surface area contributed by atoms with Crippen LogP contribution in [-0.2, 0) is 11.3 Å². The van der Waals surface area contributed by atoms with Gasteiger partial charge in [-0.25, -0.2) is 14.6 Å². The molecule has 0 fully saturated rings. The van der Waals surface area contributed by atoms with Crippen molar-refractivity contribution >= 4 is 16.7 Å². The number of ether oxygens (including phenoxy) is 3. The van der Waals surface area contributed by atoms with Crippen LogP contribution in [0.5, 0.6) is 11.5 Å². The van der Waals surface area contributed by atoms with Gasteiger partial charge in [-0.1, -0.05) is 0 Å². The van der Waals surface area contributed by atoms with Crippen molar-refractivity contribution in [1.29, 1.82) is 0 Å². The van der Waals surface area contributed by atoms with Gasteiger partial charge < -0.3 is 19.2 Å². The third kappa shape index (κ3) is 2.32. The van der Waals surface area contributed by atoms with Crippen molar-refractivity contribution in [1.82, 2.24) is 9.97 Å². The Morgan fingerprint density at radius 2 is 1.84 bits per heavy atom. The molecule has 126 valence electrons. The maximum Gasteiger partial charge on any atom is 0.344 e. The SMILES string of the molecule is COc1cc2cc3c(c(-c4cnc(=O)[nH]c4)c2cc1OC)C(=O)OC3. The number of aromatic amines is 1. The second kappa shape index (κ2) is 5.62. The summed E-state index contributed by atoms with van der Waals surface area (Å²) in [6, 6.07) is 5.56. The van der Waals surface area contributed by atoms with Gasteiger partial charge in [0.25, 0.3) is 0 Å². The molecule has 0 bridgehead atoms. The summed E-state index contributed by atoms with van der Waals surface area (Å²) in [5.74, 6) is 0.735. The topological polar surface area (TPSA) is 90.5 Å². The smallest absolute Gasteiger partial charge is 0.344 e. The molecule has 1 aromatic heterocycles. The fourth-order valence-electron chi connectivity index (χ4n) is 3.13. The summed E-state index contributed by atoms with van der Waals surface area (Å²) < 4.78 is 15.9. The van der Waals surface area contributed by atoms with Crippen LogP contribution in [0.2, 0.25) is 0 Å². The fourth-order valence-corrected chi connectivity index (χ4v) is 3.13. The summed E-state index contributed by atoms with van der Waals surface area (Å²) in [6.45, 7) is 0.211. The number of carbonyl (C=O) groups excluding carboxylic acids is 1. The number of methoxy groups -OCH3 is 2. The van der Waals surface area contributed by atoms with E-state index in [1.165, 1.54) is 12.4 Å². The van der Waals surface area contributed by atoms with Crippen LogP contribution in [0.15, 0.2) is 35.4 Å². The first kappa shape index (κ1) is 15.2. The second-order valence-corrected chi connectivity index (χ2v) is 5.60. The predicted octanol–water partition coefficient (Wildman–Crippen LogP) is 2.28.